The summed E-state index contributed by atoms with van der Waals surface area (Å²) in [7, 11) is 5.49. The van der Waals surface area contributed by atoms with E-state index < -0.39 is 24.1 Å². The average molecular weight is 777 g/mol. The van der Waals surface area contributed by atoms with E-state index in [9.17, 15) is 19.5 Å². The summed E-state index contributed by atoms with van der Waals surface area (Å²) in [6, 6.07) is -0.625. The Kier molecular flexibility index (Phi) is 36.7. The Hall–Kier alpha value is -2.45. The lowest BCUT2D eigenvalue weighted by Crippen LogP contribution is -2.50. The number of hydrogen-bond donors (Lipinski definition) is 1. The normalized spacial score (nSPS) is 13.3. The molecule has 0 rings (SSSR count). The Morgan fingerprint density at radius 2 is 1.00 bits per heavy atom. The predicted molar refractivity (Wildman–Crippen MR) is 229 cm³/mol. The molecule has 0 fully saturated rings. The highest BCUT2D eigenvalue weighted by molar-refractivity contribution is 5.72. The van der Waals surface area contributed by atoms with Crippen LogP contribution in [0.1, 0.15) is 194 Å². The van der Waals surface area contributed by atoms with Crippen LogP contribution < -0.4 is 0 Å². The molecule has 8 heteroatoms. The van der Waals surface area contributed by atoms with Crippen molar-refractivity contribution in [2.24, 2.45) is 0 Å². The molecule has 0 bridgehead atoms. The van der Waals surface area contributed by atoms with Crippen molar-refractivity contribution < 1.29 is 38.2 Å². The molecule has 8 nitrogen and oxygen atoms in total. The number of carbonyl (C=O) groups is 3. The zero-order chi connectivity index (χ0) is 40.7. The zero-order valence-electron chi connectivity index (χ0n) is 36.4. The van der Waals surface area contributed by atoms with E-state index in [4.69, 9.17) is 14.2 Å². The second-order valence-corrected chi connectivity index (χ2v) is 16.3. The first-order chi connectivity index (χ1) is 26.6. The van der Waals surface area contributed by atoms with Crippen LogP contribution in [0.5, 0.6) is 0 Å². The maximum Gasteiger partial charge on any atom is 0.362 e. The van der Waals surface area contributed by atoms with Gasteiger partial charge in [-0.1, -0.05) is 185 Å². The molecule has 0 spiro atoms. The van der Waals surface area contributed by atoms with E-state index in [2.05, 4.69) is 38.2 Å². The number of hydrogen-bond acceptors (Lipinski definition) is 6. The molecule has 0 aromatic heterocycles. The van der Waals surface area contributed by atoms with Gasteiger partial charge in [0.1, 0.15) is 6.61 Å². The number of aliphatic carboxylic acids is 1. The summed E-state index contributed by atoms with van der Waals surface area (Å²) in [6.07, 6.45) is 43.9. The molecule has 0 aliphatic rings. The topological polar surface area (TPSA) is 99.1 Å². The van der Waals surface area contributed by atoms with Gasteiger partial charge in [-0.15, -0.1) is 0 Å². The van der Waals surface area contributed by atoms with Gasteiger partial charge in [-0.05, 0) is 25.7 Å². The number of carboxylic acids is 1. The Morgan fingerprint density at radius 3 is 1.44 bits per heavy atom. The van der Waals surface area contributed by atoms with Crippen molar-refractivity contribution in [1.82, 2.24) is 0 Å². The molecule has 1 N–H and O–H groups in total. The first-order valence-corrected chi connectivity index (χ1v) is 22.5. The van der Waals surface area contributed by atoms with Crippen molar-refractivity contribution in [3.8, 4) is 0 Å². The van der Waals surface area contributed by atoms with Crippen LogP contribution >= 0.6 is 0 Å². The number of allylic oxidation sites excluding steroid dienone is 5. The zero-order valence-corrected chi connectivity index (χ0v) is 36.4. The maximum absolute atomic E-state index is 12.6. The lowest BCUT2D eigenvalue weighted by molar-refractivity contribution is -0.887. The van der Waals surface area contributed by atoms with Gasteiger partial charge in [-0.3, -0.25) is 9.59 Å². The molecule has 0 aliphatic heterocycles. The van der Waals surface area contributed by atoms with E-state index in [0.717, 1.165) is 38.5 Å². The third-order valence-corrected chi connectivity index (χ3v) is 10.1. The molecule has 0 radical (unpaired) electrons. The summed E-state index contributed by atoms with van der Waals surface area (Å²) >= 11 is 0. The Balaban J connectivity index is 4.17. The van der Waals surface area contributed by atoms with Crippen LogP contribution in [0.4, 0.5) is 0 Å². The van der Waals surface area contributed by atoms with Crippen LogP contribution in [-0.2, 0) is 28.6 Å². The number of carbonyl (C=O) groups excluding carboxylic acids is 2. The van der Waals surface area contributed by atoms with E-state index >= 15 is 0 Å². The van der Waals surface area contributed by atoms with Gasteiger partial charge in [-0.2, -0.15) is 0 Å². The van der Waals surface area contributed by atoms with Gasteiger partial charge in [0.25, 0.3) is 0 Å². The minimum Gasteiger partial charge on any atom is -0.477 e. The molecular formula is C47H86NO7+. The molecule has 0 aromatic rings. The number of unbranched alkanes of at least 4 members (excludes halogenated alkanes) is 21. The summed E-state index contributed by atoms with van der Waals surface area (Å²) in [5.41, 5.74) is 0. The number of nitrogens with zero attached hydrogens (tertiary/aromatic N) is 1. The lowest BCUT2D eigenvalue weighted by atomic mass is 10.0. The highest BCUT2D eigenvalue weighted by Gasteiger charge is 2.31. The molecule has 0 saturated carbocycles. The lowest BCUT2D eigenvalue weighted by Gasteiger charge is -2.31. The van der Waals surface area contributed by atoms with Crippen LogP contribution in [-0.4, -0.2) is 80.6 Å². The van der Waals surface area contributed by atoms with E-state index in [-0.39, 0.29) is 36.7 Å². The summed E-state index contributed by atoms with van der Waals surface area (Å²) in [5.74, 6) is -1.61. The van der Waals surface area contributed by atoms with Crippen LogP contribution in [0.3, 0.4) is 0 Å². The third kappa shape index (κ3) is 36.9. The van der Waals surface area contributed by atoms with Crippen molar-refractivity contribution in [2.75, 3.05) is 41.0 Å². The van der Waals surface area contributed by atoms with E-state index in [1.807, 2.05) is 27.2 Å². The SMILES string of the molecule is CC/C=C/C/C=C/C/C=C/CC(=O)OC(COCCC(C(=O)O)[N+](C)(C)C)COC(=O)CCCCCCCCCCCCCCCCCCCCCCCC. The molecule has 0 amide bonds. The minimum atomic E-state index is -0.887. The van der Waals surface area contributed by atoms with E-state index in [1.165, 1.54) is 122 Å². The first kappa shape index (κ1) is 52.6. The van der Waals surface area contributed by atoms with Crippen LogP contribution in [0.15, 0.2) is 36.5 Å². The van der Waals surface area contributed by atoms with Crippen LogP contribution in [0, 0.1) is 0 Å². The van der Waals surface area contributed by atoms with Gasteiger partial charge < -0.3 is 23.8 Å². The molecule has 2 atom stereocenters. The second-order valence-electron chi connectivity index (χ2n) is 16.3. The number of quaternary nitrogens is 1. The molecule has 320 valence electrons. The summed E-state index contributed by atoms with van der Waals surface area (Å²) in [4.78, 5) is 36.8. The van der Waals surface area contributed by atoms with E-state index in [0.29, 0.717) is 12.8 Å². The molecule has 55 heavy (non-hydrogen) atoms. The van der Waals surface area contributed by atoms with Crippen molar-refractivity contribution in [2.45, 2.75) is 206 Å². The molecule has 0 aliphatic carbocycles. The standard InChI is InChI=1S/C47H85NO7/c1-6-8-10-12-14-16-17-18-19-20-21-22-23-24-25-26-27-28-30-31-33-35-37-45(49)54-42-43(41-53-40-39-44(47(51)52)48(3,4)5)55-46(50)38-36-34-32-29-15-13-11-9-7-2/h9,11,15,29,34,36,43-44H,6-8,10,12-14,16-28,30-33,35,37-42H2,1-5H3/p+1/b11-9+,29-15+,36-34+. The van der Waals surface area contributed by atoms with Crippen LogP contribution in [0.25, 0.3) is 0 Å². The quantitative estimate of drug-likeness (QED) is 0.0286. The van der Waals surface area contributed by atoms with Gasteiger partial charge in [0, 0.05) is 12.8 Å². The highest BCUT2D eigenvalue weighted by Crippen LogP contribution is 2.16. The fourth-order valence-electron chi connectivity index (χ4n) is 6.63. The molecular weight excluding hydrogens is 691 g/mol. The van der Waals surface area contributed by atoms with E-state index in [1.54, 1.807) is 6.08 Å². The third-order valence-electron chi connectivity index (χ3n) is 10.1. The Morgan fingerprint density at radius 1 is 0.564 bits per heavy atom. The van der Waals surface area contributed by atoms with Crippen molar-refractivity contribution in [1.29, 1.82) is 0 Å². The fourth-order valence-corrected chi connectivity index (χ4v) is 6.63. The van der Waals surface area contributed by atoms with Crippen molar-refractivity contribution in [3.63, 3.8) is 0 Å². The van der Waals surface area contributed by atoms with Gasteiger partial charge in [0.15, 0.2) is 12.1 Å². The first-order valence-electron chi connectivity index (χ1n) is 22.5. The number of likely N-dealkylation sites (N-methyl/N-ethyl adjacent to an activating group) is 1. The molecule has 0 heterocycles. The minimum absolute atomic E-state index is 0.0274. The smallest absolute Gasteiger partial charge is 0.362 e. The maximum atomic E-state index is 12.6. The monoisotopic (exact) mass is 777 g/mol. The number of carboxylic acid groups (broad SMARTS) is 1. The van der Waals surface area contributed by atoms with Crippen LogP contribution in [0.2, 0.25) is 0 Å². The summed E-state index contributed by atoms with van der Waals surface area (Å²) in [6.45, 7) is 4.52. The summed E-state index contributed by atoms with van der Waals surface area (Å²) < 4.78 is 17.1. The predicted octanol–water partition coefficient (Wildman–Crippen LogP) is 12.2. The van der Waals surface area contributed by atoms with Gasteiger partial charge in [0.05, 0.1) is 40.8 Å². The summed E-state index contributed by atoms with van der Waals surface area (Å²) in [5, 5.41) is 9.59. The van der Waals surface area contributed by atoms with Gasteiger partial charge >= 0.3 is 17.9 Å². The molecule has 0 aromatic carbocycles. The Bertz CT molecular complexity index is 1000. The molecule has 0 saturated heterocycles. The highest BCUT2D eigenvalue weighted by atomic mass is 16.6. The van der Waals surface area contributed by atoms with Gasteiger partial charge in [0.2, 0.25) is 0 Å². The van der Waals surface area contributed by atoms with Crippen molar-refractivity contribution >= 4 is 17.9 Å². The average Bonchev–Trinajstić information content (AvgIpc) is 3.14. The fraction of sp³-hybridized carbons (Fsp3) is 0.809. The number of rotatable bonds is 40. The largest absolute Gasteiger partial charge is 0.477 e. The number of esters is 2. The second kappa shape index (κ2) is 38.4. The molecule has 2 unspecified atom stereocenters. The Labute approximate surface area is 338 Å². The van der Waals surface area contributed by atoms with Crippen molar-refractivity contribution in [3.05, 3.63) is 36.5 Å². The van der Waals surface area contributed by atoms with Gasteiger partial charge in [-0.25, -0.2) is 4.79 Å². The number of ether oxygens (including phenoxy) is 3.